The average molecular weight is 398 g/mol. The van der Waals surface area contributed by atoms with Crippen molar-refractivity contribution in [2.45, 2.75) is 25.6 Å². The molecule has 3 nitrogen and oxygen atoms in total. The lowest BCUT2D eigenvalue weighted by molar-refractivity contribution is -0.137. The highest BCUT2D eigenvalue weighted by Crippen LogP contribution is 2.29. The largest absolute Gasteiger partial charge is 0.416 e. The molecule has 2 aliphatic rings. The van der Waals surface area contributed by atoms with Crippen LogP contribution in [0.2, 0.25) is 0 Å². The topological polar surface area (TPSA) is 32.3 Å². The molecule has 1 aliphatic carbocycles. The van der Waals surface area contributed by atoms with Gasteiger partial charge in [0.15, 0.2) is 0 Å². The van der Waals surface area contributed by atoms with Crippen molar-refractivity contribution in [3.8, 4) is 0 Å². The number of allylic oxidation sites excluding steroid dienone is 3. The zero-order valence-electron chi connectivity index (χ0n) is 15.8. The van der Waals surface area contributed by atoms with E-state index in [0.717, 1.165) is 38.1 Å². The van der Waals surface area contributed by atoms with Crippen LogP contribution < -0.4 is 5.32 Å². The van der Waals surface area contributed by atoms with Crippen molar-refractivity contribution in [3.05, 3.63) is 94.2 Å². The van der Waals surface area contributed by atoms with E-state index in [0.29, 0.717) is 11.1 Å². The van der Waals surface area contributed by atoms with Crippen LogP contribution in [0.15, 0.2) is 66.4 Å². The van der Waals surface area contributed by atoms with E-state index in [1.165, 1.54) is 29.0 Å². The Hall–Kier alpha value is -3.02. The molecule has 1 amide bonds. The smallest absolute Gasteiger partial charge is 0.371 e. The lowest BCUT2D eigenvalue weighted by Crippen LogP contribution is -2.26. The average Bonchev–Trinajstić information content (AvgIpc) is 2.87. The van der Waals surface area contributed by atoms with Gasteiger partial charge in [0.2, 0.25) is 0 Å². The van der Waals surface area contributed by atoms with Crippen molar-refractivity contribution >= 4 is 5.91 Å². The summed E-state index contributed by atoms with van der Waals surface area (Å²) in [5.74, 6) is -0.224. The number of alkyl halides is 3. The van der Waals surface area contributed by atoms with Crippen LogP contribution in [0.5, 0.6) is 0 Å². The van der Waals surface area contributed by atoms with Gasteiger partial charge in [0, 0.05) is 30.9 Å². The van der Waals surface area contributed by atoms with E-state index in [-0.39, 0.29) is 12.5 Å². The lowest BCUT2D eigenvalue weighted by atomic mass is 10.00. The van der Waals surface area contributed by atoms with E-state index in [4.69, 9.17) is 0 Å². The Morgan fingerprint density at radius 3 is 2.31 bits per heavy atom. The molecule has 1 aliphatic heterocycles. The number of carbonyl (C=O) groups is 1. The van der Waals surface area contributed by atoms with Crippen LogP contribution in [0.4, 0.5) is 13.2 Å². The second-order valence-corrected chi connectivity index (χ2v) is 7.30. The Balaban J connectivity index is 1.38. The van der Waals surface area contributed by atoms with E-state index in [1.54, 1.807) is 0 Å². The number of amides is 1. The second-order valence-electron chi connectivity index (χ2n) is 7.30. The number of halogens is 3. The highest BCUT2D eigenvalue weighted by molar-refractivity contribution is 5.94. The van der Waals surface area contributed by atoms with Crippen LogP contribution in [0.1, 0.15) is 32.6 Å². The third kappa shape index (κ3) is 4.36. The minimum atomic E-state index is -4.36. The van der Waals surface area contributed by atoms with Gasteiger partial charge in [-0.15, -0.1) is 0 Å². The highest BCUT2D eigenvalue weighted by Gasteiger charge is 2.29. The number of hydrogen-bond donors (Lipinski definition) is 1. The number of benzene rings is 2. The maximum Gasteiger partial charge on any atom is 0.416 e. The van der Waals surface area contributed by atoms with Crippen molar-refractivity contribution < 1.29 is 18.0 Å². The number of nitrogens with one attached hydrogen (secondary N) is 1. The molecule has 0 atom stereocenters. The normalized spacial score (nSPS) is 15.8. The molecule has 29 heavy (non-hydrogen) atoms. The lowest BCUT2D eigenvalue weighted by Gasteiger charge is -2.26. The fourth-order valence-electron chi connectivity index (χ4n) is 3.61. The standard InChI is InChI=1S/C23H21F3N2O/c24-23(25,26)20-8-4-16(5-9-20)15-27-22(29)19-7-6-17-10-12-28(21-2-1-3-21)13-11-18(17)14-19/h1-9,14H,10-13,15H2,(H,27,29). The summed E-state index contributed by atoms with van der Waals surface area (Å²) < 4.78 is 37.9. The molecular formula is C23H21F3N2O. The van der Waals surface area contributed by atoms with Crippen LogP contribution in [0.3, 0.4) is 0 Å². The molecule has 4 rings (SSSR count). The van der Waals surface area contributed by atoms with Gasteiger partial charge in [0.1, 0.15) is 0 Å². The Labute approximate surface area is 167 Å². The number of nitrogens with zero attached hydrogens (tertiary/aromatic N) is 1. The molecule has 0 saturated heterocycles. The summed E-state index contributed by atoms with van der Waals surface area (Å²) in [6.07, 6.45) is 3.71. The number of hydrogen-bond acceptors (Lipinski definition) is 2. The molecule has 1 N–H and O–H groups in total. The zero-order valence-corrected chi connectivity index (χ0v) is 15.8. The molecule has 0 saturated carbocycles. The van der Waals surface area contributed by atoms with Gasteiger partial charge in [-0.2, -0.15) is 13.2 Å². The number of fused-ring (bicyclic) bond motifs is 1. The van der Waals surface area contributed by atoms with Crippen molar-refractivity contribution in [3.63, 3.8) is 0 Å². The molecule has 2 aromatic rings. The summed E-state index contributed by atoms with van der Waals surface area (Å²) in [5.41, 5.74) is 4.20. The molecule has 0 aromatic heterocycles. The predicted molar refractivity (Wildman–Crippen MR) is 105 cm³/mol. The SMILES string of the molecule is O=C(NCc1ccc(C(F)(F)F)cc1)c1ccc2c(c1)CCN(C1=CC=C1)CC2. The Morgan fingerprint density at radius 1 is 1.00 bits per heavy atom. The molecule has 1 heterocycles. The third-order valence-corrected chi connectivity index (χ3v) is 5.40. The van der Waals surface area contributed by atoms with Crippen LogP contribution in [0, 0.1) is 0 Å². The van der Waals surface area contributed by atoms with E-state index in [1.807, 2.05) is 24.3 Å². The van der Waals surface area contributed by atoms with Crippen molar-refractivity contribution in [1.82, 2.24) is 10.2 Å². The first-order chi connectivity index (χ1) is 13.9. The first-order valence-electron chi connectivity index (χ1n) is 9.59. The Morgan fingerprint density at radius 2 is 1.69 bits per heavy atom. The maximum absolute atomic E-state index is 12.6. The first-order valence-corrected chi connectivity index (χ1v) is 9.59. The van der Waals surface area contributed by atoms with Crippen LogP contribution in [0.25, 0.3) is 0 Å². The molecule has 0 spiro atoms. The minimum Gasteiger partial charge on any atom is -0.371 e. The summed E-state index contributed by atoms with van der Waals surface area (Å²) in [6.45, 7) is 2.06. The van der Waals surface area contributed by atoms with Crippen LogP contribution in [-0.2, 0) is 25.6 Å². The van der Waals surface area contributed by atoms with E-state index in [2.05, 4.69) is 22.4 Å². The minimum absolute atomic E-state index is 0.183. The van der Waals surface area contributed by atoms with Crippen molar-refractivity contribution in [2.24, 2.45) is 0 Å². The summed E-state index contributed by atoms with van der Waals surface area (Å²) in [6, 6.07) is 10.6. The van der Waals surface area contributed by atoms with E-state index >= 15 is 0 Å². The summed E-state index contributed by atoms with van der Waals surface area (Å²) in [4.78, 5) is 14.9. The quantitative estimate of drug-likeness (QED) is 0.823. The van der Waals surface area contributed by atoms with E-state index in [9.17, 15) is 18.0 Å². The Kier molecular flexibility index (Phi) is 5.18. The molecule has 0 bridgehead atoms. The van der Waals surface area contributed by atoms with Gasteiger partial charge in [-0.1, -0.05) is 24.3 Å². The van der Waals surface area contributed by atoms with Gasteiger partial charge in [0.05, 0.1) is 5.56 Å². The summed E-state index contributed by atoms with van der Waals surface area (Å²) in [7, 11) is 0. The van der Waals surface area contributed by atoms with Crippen molar-refractivity contribution in [2.75, 3.05) is 13.1 Å². The maximum atomic E-state index is 12.6. The van der Waals surface area contributed by atoms with Gasteiger partial charge in [0.25, 0.3) is 5.91 Å². The fourth-order valence-corrected chi connectivity index (χ4v) is 3.61. The van der Waals surface area contributed by atoms with Gasteiger partial charge in [-0.05, 0) is 65.9 Å². The molecule has 0 fully saturated rings. The van der Waals surface area contributed by atoms with Gasteiger partial charge in [-0.25, -0.2) is 0 Å². The van der Waals surface area contributed by atoms with Gasteiger partial charge >= 0.3 is 6.18 Å². The molecule has 0 radical (unpaired) electrons. The van der Waals surface area contributed by atoms with Gasteiger partial charge < -0.3 is 10.2 Å². The van der Waals surface area contributed by atoms with Crippen LogP contribution in [-0.4, -0.2) is 23.9 Å². The third-order valence-electron chi connectivity index (χ3n) is 5.40. The first kappa shape index (κ1) is 19.3. The van der Waals surface area contributed by atoms with E-state index < -0.39 is 11.7 Å². The number of carbonyl (C=O) groups excluding carboxylic acids is 1. The molecule has 2 aromatic carbocycles. The summed E-state index contributed by atoms with van der Waals surface area (Å²) in [5, 5.41) is 2.79. The molecule has 6 heteroatoms. The number of rotatable bonds is 4. The fraction of sp³-hybridized carbons (Fsp3) is 0.261. The monoisotopic (exact) mass is 398 g/mol. The van der Waals surface area contributed by atoms with Crippen molar-refractivity contribution in [1.29, 1.82) is 0 Å². The molecular weight excluding hydrogens is 377 g/mol. The van der Waals surface area contributed by atoms with Gasteiger partial charge in [-0.3, -0.25) is 4.79 Å². The molecule has 150 valence electrons. The second kappa shape index (κ2) is 7.78. The molecule has 0 unspecified atom stereocenters. The van der Waals surface area contributed by atoms with Crippen LogP contribution >= 0.6 is 0 Å². The summed E-state index contributed by atoms with van der Waals surface area (Å²) >= 11 is 0. The zero-order chi connectivity index (χ0) is 20.4. The Bertz CT molecular complexity index is 975. The highest BCUT2D eigenvalue weighted by atomic mass is 19.4. The predicted octanol–water partition coefficient (Wildman–Crippen LogP) is 4.49.